The van der Waals surface area contributed by atoms with Crippen LogP contribution in [0, 0.1) is 13.8 Å². The second-order valence-corrected chi connectivity index (χ2v) is 7.18. The minimum absolute atomic E-state index is 0.174. The molecule has 0 radical (unpaired) electrons. The number of carbonyl (C=O) groups is 1. The molecule has 138 valence electrons. The molecule has 4 rings (SSSR count). The molecule has 0 saturated heterocycles. The molecule has 1 aliphatic rings. The standard InChI is InChI=1S/C22H24N4O/c1-16-21(17(2)26(24-16)20-6-4-3-5-7-20)14-22(27)25(19-8-9-19)15-18-10-12-23-13-11-18/h3-7,10-13,19H,8-9,14-15H2,1-2H3. The van der Waals surface area contributed by atoms with Crippen molar-refractivity contribution in [1.82, 2.24) is 19.7 Å². The van der Waals surface area contributed by atoms with Gasteiger partial charge in [0.25, 0.3) is 0 Å². The first-order chi connectivity index (χ1) is 13.1. The normalized spacial score (nSPS) is 13.6. The van der Waals surface area contributed by atoms with Crippen LogP contribution in [0.15, 0.2) is 54.9 Å². The van der Waals surface area contributed by atoms with E-state index in [4.69, 9.17) is 0 Å². The highest BCUT2D eigenvalue weighted by Gasteiger charge is 2.33. The monoisotopic (exact) mass is 360 g/mol. The molecule has 1 aromatic carbocycles. The van der Waals surface area contributed by atoms with Crippen LogP contribution in [0.5, 0.6) is 0 Å². The van der Waals surface area contributed by atoms with E-state index in [0.717, 1.165) is 41.0 Å². The van der Waals surface area contributed by atoms with E-state index in [-0.39, 0.29) is 5.91 Å². The van der Waals surface area contributed by atoms with Crippen molar-refractivity contribution in [3.8, 4) is 5.69 Å². The Hall–Kier alpha value is -2.95. The minimum Gasteiger partial charge on any atom is -0.335 e. The van der Waals surface area contributed by atoms with Gasteiger partial charge in [-0.25, -0.2) is 4.68 Å². The van der Waals surface area contributed by atoms with Crippen LogP contribution in [0.3, 0.4) is 0 Å². The van der Waals surface area contributed by atoms with E-state index in [1.807, 2.05) is 65.9 Å². The number of benzene rings is 1. The number of aryl methyl sites for hydroxylation is 1. The van der Waals surface area contributed by atoms with Crippen LogP contribution in [0.1, 0.15) is 35.4 Å². The number of carbonyl (C=O) groups excluding carboxylic acids is 1. The fourth-order valence-corrected chi connectivity index (χ4v) is 3.50. The number of hydrogen-bond acceptors (Lipinski definition) is 3. The van der Waals surface area contributed by atoms with Crippen LogP contribution in [-0.2, 0) is 17.8 Å². The van der Waals surface area contributed by atoms with Crippen LogP contribution in [0.2, 0.25) is 0 Å². The predicted molar refractivity (Wildman–Crippen MR) is 105 cm³/mol. The summed E-state index contributed by atoms with van der Waals surface area (Å²) in [5, 5.41) is 4.67. The molecule has 27 heavy (non-hydrogen) atoms. The highest BCUT2D eigenvalue weighted by molar-refractivity contribution is 5.80. The summed E-state index contributed by atoms with van der Waals surface area (Å²) in [5.74, 6) is 0.174. The van der Waals surface area contributed by atoms with Gasteiger partial charge >= 0.3 is 0 Å². The second kappa shape index (κ2) is 7.35. The van der Waals surface area contributed by atoms with Crippen molar-refractivity contribution < 1.29 is 4.79 Å². The van der Waals surface area contributed by atoms with E-state index in [0.29, 0.717) is 19.0 Å². The first kappa shape index (κ1) is 17.5. The summed E-state index contributed by atoms with van der Waals surface area (Å²) in [6.07, 6.45) is 6.15. The fraction of sp³-hybridized carbons (Fsp3) is 0.318. The average molecular weight is 360 g/mol. The Morgan fingerprint density at radius 2 is 1.81 bits per heavy atom. The molecule has 0 spiro atoms. The summed E-state index contributed by atoms with van der Waals surface area (Å²) in [6, 6.07) is 14.4. The number of amides is 1. The number of pyridine rings is 1. The lowest BCUT2D eigenvalue weighted by atomic mass is 10.1. The molecule has 3 aromatic rings. The molecular weight excluding hydrogens is 336 g/mol. The van der Waals surface area contributed by atoms with Gasteiger partial charge in [-0.05, 0) is 56.5 Å². The maximum absolute atomic E-state index is 13.1. The summed E-state index contributed by atoms with van der Waals surface area (Å²) < 4.78 is 1.93. The third kappa shape index (κ3) is 3.77. The lowest BCUT2D eigenvalue weighted by Crippen LogP contribution is -2.34. The largest absolute Gasteiger partial charge is 0.335 e. The Labute approximate surface area is 159 Å². The number of aromatic nitrogens is 3. The van der Waals surface area contributed by atoms with Gasteiger partial charge in [-0.15, -0.1) is 0 Å². The topological polar surface area (TPSA) is 51.0 Å². The Morgan fingerprint density at radius 3 is 2.48 bits per heavy atom. The third-order valence-electron chi connectivity index (χ3n) is 5.18. The van der Waals surface area contributed by atoms with E-state index >= 15 is 0 Å². The quantitative estimate of drug-likeness (QED) is 0.675. The van der Waals surface area contributed by atoms with E-state index in [1.54, 1.807) is 12.4 Å². The highest BCUT2D eigenvalue weighted by atomic mass is 16.2. The molecule has 1 saturated carbocycles. The zero-order valence-corrected chi connectivity index (χ0v) is 15.8. The van der Waals surface area contributed by atoms with Crippen LogP contribution < -0.4 is 0 Å². The smallest absolute Gasteiger partial charge is 0.227 e. The average Bonchev–Trinajstić information content (AvgIpc) is 3.50. The summed E-state index contributed by atoms with van der Waals surface area (Å²) in [5.41, 5.74) is 5.13. The van der Waals surface area contributed by atoms with E-state index < -0.39 is 0 Å². The number of rotatable bonds is 6. The van der Waals surface area contributed by atoms with Gasteiger partial charge in [0.2, 0.25) is 5.91 Å². The van der Waals surface area contributed by atoms with Crippen molar-refractivity contribution in [2.24, 2.45) is 0 Å². The molecule has 5 heteroatoms. The molecule has 0 aliphatic heterocycles. The van der Waals surface area contributed by atoms with Crippen molar-refractivity contribution in [2.75, 3.05) is 0 Å². The molecule has 1 amide bonds. The van der Waals surface area contributed by atoms with Crippen LogP contribution in [0.25, 0.3) is 5.69 Å². The van der Waals surface area contributed by atoms with Crippen molar-refractivity contribution in [2.45, 2.75) is 45.7 Å². The molecular formula is C22H24N4O. The number of para-hydroxylation sites is 1. The Balaban J connectivity index is 1.56. The summed E-state index contributed by atoms with van der Waals surface area (Å²) in [7, 11) is 0. The summed E-state index contributed by atoms with van der Waals surface area (Å²) in [4.78, 5) is 19.2. The van der Waals surface area contributed by atoms with Gasteiger partial charge in [-0.2, -0.15) is 5.10 Å². The van der Waals surface area contributed by atoms with Crippen LogP contribution in [-0.4, -0.2) is 31.6 Å². The second-order valence-electron chi connectivity index (χ2n) is 7.18. The molecule has 2 heterocycles. The van der Waals surface area contributed by atoms with Crippen LogP contribution in [0.4, 0.5) is 0 Å². The SMILES string of the molecule is Cc1nn(-c2ccccc2)c(C)c1CC(=O)N(Cc1ccncc1)C1CC1. The fourth-order valence-electron chi connectivity index (χ4n) is 3.50. The van der Waals surface area contributed by atoms with E-state index in [2.05, 4.69) is 10.1 Å². The maximum Gasteiger partial charge on any atom is 0.227 e. The molecule has 1 aliphatic carbocycles. The summed E-state index contributed by atoms with van der Waals surface area (Å²) in [6.45, 7) is 4.68. The van der Waals surface area contributed by atoms with Crippen molar-refractivity contribution in [1.29, 1.82) is 0 Å². The van der Waals surface area contributed by atoms with Crippen molar-refractivity contribution >= 4 is 5.91 Å². The highest BCUT2D eigenvalue weighted by Crippen LogP contribution is 2.29. The van der Waals surface area contributed by atoms with Crippen LogP contribution >= 0.6 is 0 Å². The lowest BCUT2D eigenvalue weighted by Gasteiger charge is -2.22. The first-order valence-corrected chi connectivity index (χ1v) is 9.42. The lowest BCUT2D eigenvalue weighted by molar-refractivity contribution is -0.131. The van der Waals surface area contributed by atoms with Gasteiger partial charge in [0, 0.05) is 36.2 Å². The van der Waals surface area contributed by atoms with Crippen molar-refractivity contribution in [3.05, 3.63) is 77.4 Å². The first-order valence-electron chi connectivity index (χ1n) is 9.42. The number of hydrogen-bond donors (Lipinski definition) is 0. The van der Waals surface area contributed by atoms with E-state index in [9.17, 15) is 4.79 Å². The zero-order valence-electron chi connectivity index (χ0n) is 15.8. The van der Waals surface area contributed by atoms with Gasteiger partial charge < -0.3 is 4.90 Å². The summed E-state index contributed by atoms with van der Waals surface area (Å²) >= 11 is 0. The van der Waals surface area contributed by atoms with Gasteiger partial charge in [-0.1, -0.05) is 18.2 Å². The molecule has 0 bridgehead atoms. The Kier molecular flexibility index (Phi) is 4.75. The zero-order chi connectivity index (χ0) is 18.8. The predicted octanol–water partition coefficient (Wildman–Crippen LogP) is 3.62. The van der Waals surface area contributed by atoms with Crippen molar-refractivity contribution in [3.63, 3.8) is 0 Å². The molecule has 0 atom stereocenters. The van der Waals surface area contributed by atoms with Gasteiger partial charge in [-0.3, -0.25) is 9.78 Å². The van der Waals surface area contributed by atoms with E-state index in [1.165, 1.54) is 0 Å². The maximum atomic E-state index is 13.1. The minimum atomic E-state index is 0.174. The van der Waals surface area contributed by atoms with Gasteiger partial charge in [0.15, 0.2) is 0 Å². The van der Waals surface area contributed by atoms with Gasteiger partial charge in [0.1, 0.15) is 0 Å². The molecule has 2 aromatic heterocycles. The van der Waals surface area contributed by atoms with Gasteiger partial charge in [0.05, 0.1) is 17.8 Å². The third-order valence-corrected chi connectivity index (χ3v) is 5.18. The molecule has 1 fully saturated rings. The molecule has 5 nitrogen and oxygen atoms in total. The number of nitrogens with zero attached hydrogens (tertiary/aromatic N) is 4. The molecule has 0 unspecified atom stereocenters. The Bertz CT molecular complexity index is 930. The Morgan fingerprint density at radius 1 is 1.11 bits per heavy atom. The molecule has 0 N–H and O–H groups in total.